The Balaban J connectivity index is 1.37. The number of nitrogens with zero attached hydrogens (tertiary/aromatic N) is 1. The second kappa shape index (κ2) is 8.81. The molecule has 4 fully saturated rings. The molecule has 4 aliphatic carbocycles. The second-order valence-electron chi connectivity index (χ2n) is 9.46. The molecule has 0 atom stereocenters. The van der Waals surface area contributed by atoms with Gasteiger partial charge in [-0.3, -0.25) is 9.59 Å². The number of likely N-dealkylation sites (N-methyl/N-ethyl adjacent to an activating group) is 1. The van der Waals surface area contributed by atoms with Gasteiger partial charge < -0.3 is 19.9 Å². The van der Waals surface area contributed by atoms with Gasteiger partial charge in [0.25, 0.3) is 17.7 Å². The summed E-state index contributed by atoms with van der Waals surface area (Å²) in [5, 5.41) is 10.0. The Hall–Kier alpha value is -2.48. The predicted molar refractivity (Wildman–Crippen MR) is 120 cm³/mol. The molecule has 4 saturated carbocycles. The van der Waals surface area contributed by atoms with Gasteiger partial charge in [0.1, 0.15) is 4.90 Å². The zero-order chi connectivity index (χ0) is 22.1. The number of carbonyl (C=O) groups excluding carboxylic acids is 2. The molecule has 32 heavy (non-hydrogen) atoms. The lowest BCUT2D eigenvalue weighted by molar-refractivity contribution is -0.123. The minimum absolute atomic E-state index is 0.130. The lowest BCUT2D eigenvalue weighted by Crippen LogP contribution is -2.59. The Labute approximate surface area is 192 Å². The van der Waals surface area contributed by atoms with Crippen molar-refractivity contribution >= 4 is 23.6 Å². The maximum absolute atomic E-state index is 13.4. The summed E-state index contributed by atoms with van der Waals surface area (Å²) in [5.74, 6) is 2.01. The first kappa shape index (κ1) is 21.4. The number of hydrogen-bond acceptors (Lipinski definition) is 6. The van der Waals surface area contributed by atoms with Gasteiger partial charge in [0.15, 0.2) is 6.61 Å². The summed E-state index contributed by atoms with van der Waals surface area (Å²) in [6, 6.07) is 9.70. The van der Waals surface area contributed by atoms with E-state index in [1.165, 1.54) is 31.0 Å². The van der Waals surface area contributed by atoms with Crippen molar-refractivity contribution in [2.75, 3.05) is 13.2 Å². The highest BCUT2D eigenvalue weighted by atomic mass is 32.2. The topological polar surface area (TPSA) is 93.5 Å². The quantitative estimate of drug-likeness (QED) is 0.624. The number of rotatable bonds is 8. The number of aromatic nitrogens is 1. The third-order valence-electron chi connectivity index (χ3n) is 6.92. The van der Waals surface area contributed by atoms with Gasteiger partial charge >= 0.3 is 0 Å². The number of benzene rings is 1. The van der Waals surface area contributed by atoms with E-state index in [0.29, 0.717) is 11.4 Å². The van der Waals surface area contributed by atoms with Crippen molar-refractivity contribution in [2.24, 2.45) is 17.8 Å². The van der Waals surface area contributed by atoms with Crippen molar-refractivity contribution in [3.63, 3.8) is 0 Å². The summed E-state index contributed by atoms with van der Waals surface area (Å²) in [5.41, 5.74) is -0.130. The van der Waals surface area contributed by atoms with E-state index in [1.54, 1.807) is 0 Å². The molecule has 1 heterocycles. The molecule has 4 aliphatic rings. The van der Waals surface area contributed by atoms with Gasteiger partial charge in [-0.05, 0) is 80.5 Å². The van der Waals surface area contributed by atoms with Gasteiger partial charge in [0.05, 0.1) is 0 Å². The molecule has 0 aliphatic heterocycles. The van der Waals surface area contributed by atoms with E-state index in [1.807, 2.05) is 37.3 Å². The second-order valence-corrected chi connectivity index (χ2v) is 10.5. The number of nitrogens with one attached hydrogen (secondary N) is 2. The third-order valence-corrected chi connectivity index (χ3v) is 7.99. The van der Waals surface area contributed by atoms with Crippen molar-refractivity contribution < 1.29 is 18.8 Å². The Morgan fingerprint density at radius 1 is 1.12 bits per heavy atom. The summed E-state index contributed by atoms with van der Waals surface area (Å²) in [6.45, 7) is 2.18. The monoisotopic (exact) mass is 455 g/mol. The van der Waals surface area contributed by atoms with Crippen LogP contribution < -0.4 is 15.4 Å². The molecule has 1 aromatic heterocycles. The highest BCUT2D eigenvalue weighted by Gasteiger charge is 2.52. The van der Waals surface area contributed by atoms with E-state index in [9.17, 15) is 9.59 Å². The Bertz CT molecular complexity index is 955. The predicted octanol–water partition coefficient (Wildman–Crippen LogP) is 4.04. The summed E-state index contributed by atoms with van der Waals surface area (Å²) in [7, 11) is 0. The Morgan fingerprint density at radius 2 is 1.78 bits per heavy atom. The number of ether oxygens (including phenoxy) is 1. The van der Waals surface area contributed by atoms with Crippen LogP contribution in [0.5, 0.6) is 5.88 Å². The van der Waals surface area contributed by atoms with Crippen molar-refractivity contribution in [1.82, 2.24) is 15.8 Å². The average molecular weight is 456 g/mol. The van der Waals surface area contributed by atoms with E-state index in [4.69, 9.17) is 9.26 Å². The maximum Gasteiger partial charge on any atom is 0.291 e. The van der Waals surface area contributed by atoms with Crippen molar-refractivity contribution in [3.8, 4) is 5.88 Å². The van der Waals surface area contributed by atoms with E-state index in [0.717, 1.165) is 41.9 Å². The largest absolute Gasteiger partial charge is 0.465 e. The molecule has 0 radical (unpaired) electrons. The van der Waals surface area contributed by atoms with Crippen molar-refractivity contribution in [1.29, 1.82) is 0 Å². The lowest BCUT2D eigenvalue weighted by Gasteiger charge is -2.56. The molecule has 8 heteroatoms. The molecular weight excluding hydrogens is 426 g/mol. The van der Waals surface area contributed by atoms with Gasteiger partial charge in [-0.2, -0.15) is 0 Å². The van der Waals surface area contributed by atoms with Crippen molar-refractivity contribution in [2.45, 2.75) is 60.8 Å². The number of amides is 2. The highest BCUT2D eigenvalue weighted by molar-refractivity contribution is 7.99. The van der Waals surface area contributed by atoms with Gasteiger partial charge in [-0.15, -0.1) is 0 Å². The van der Waals surface area contributed by atoms with Crippen LogP contribution in [0.15, 0.2) is 44.6 Å². The number of hydrogen-bond donors (Lipinski definition) is 2. The molecule has 6 rings (SSSR count). The normalized spacial score (nSPS) is 27.8. The van der Waals surface area contributed by atoms with Crippen LogP contribution in [0.25, 0.3) is 0 Å². The Morgan fingerprint density at radius 3 is 2.41 bits per heavy atom. The third kappa shape index (κ3) is 4.37. The van der Waals surface area contributed by atoms with Gasteiger partial charge in [-0.25, -0.2) is 0 Å². The van der Waals surface area contributed by atoms with Crippen LogP contribution in [0.1, 0.15) is 56.0 Å². The average Bonchev–Trinajstić information content (AvgIpc) is 3.14. The van der Waals surface area contributed by atoms with Crippen LogP contribution in [0, 0.1) is 17.8 Å². The van der Waals surface area contributed by atoms with E-state index >= 15 is 0 Å². The summed E-state index contributed by atoms with van der Waals surface area (Å²) < 4.78 is 11.1. The van der Waals surface area contributed by atoms with Crippen LogP contribution in [-0.4, -0.2) is 35.7 Å². The van der Waals surface area contributed by atoms with Gasteiger partial charge in [0, 0.05) is 17.0 Å². The van der Waals surface area contributed by atoms with Crippen molar-refractivity contribution in [3.05, 3.63) is 36.1 Å². The molecule has 170 valence electrons. The molecular formula is C24H29N3O4S. The smallest absolute Gasteiger partial charge is 0.291 e. The van der Waals surface area contributed by atoms with E-state index < -0.39 is 0 Å². The number of carbonyl (C=O) groups is 2. The van der Waals surface area contributed by atoms with Crippen LogP contribution in [0.4, 0.5) is 0 Å². The first-order valence-electron chi connectivity index (χ1n) is 11.5. The van der Waals surface area contributed by atoms with Crippen LogP contribution in [0.2, 0.25) is 0 Å². The molecule has 0 spiro atoms. The SMILES string of the molecule is CCNC(=O)COc1noc(C(=O)NC23CC4CC(CC(C4)C2)C3)c1Sc1ccccc1. The fraction of sp³-hybridized carbons (Fsp3) is 0.542. The van der Waals surface area contributed by atoms with Crippen LogP contribution in [0.3, 0.4) is 0 Å². The summed E-state index contributed by atoms with van der Waals surface area (Å²) in [4.78, 5) is 26.7. The van der Waals surface area contributed by atoms with Gasteiger partial charge in [-0.1, -0.05) is 30.0 Å². The van der Waals surface area contributed by atoms with E-state index in [2.05, 4.69) is 15.8 Å². The highest BCUT2D eigenvalue weighted by Crippen LogP contribution is 2.55. The molecule has 2 amide bonds. The fourth-order valence-corrected chi connectivity index (χ4v) is 7.08. The molecule has 1 aromatic carbocycles. The zero-order valence-corrected chi connectivity index (χ0v) is 19.1. The summed E-state index contributed by atoms with van der Waals surface area (Å²) >= 11 is 1.36. The fourth-order valence-electron chi connectivity index (χ4n) is 6.14. The minimum atomic E-state index is -0.245. The zero-order valence-electron chi connectivity index (χ0n) is 18.3. The Kier molecular flexibility index (Phi) is 5.88. The molecule has 0 saturated heterocycles. The van der Waals surface area contributed by atoms with E-state index in [-0.39, 0.29) is 35.6 Å². The van der Waals surface area contributed by atoms with Crippen LogP contribution in [-0.2, 0) is 4.79 Å². The minimum Gasteiger partial charge on any atom is -0.465 e. The summed E-state index contributed by atoms with van der Waals surface area (Å²) in [6.07, 6.45) is 7.10. The molecule has 2 aromatic rings. The molecule has 7 nitrogen and oxygen atoms in total. The molecule has 4 bridgehead atoms. The standard InChI is InChI=1S/C24H29N3O4S/c1-2-25-19(28)14-30-23-21(32-18-6-4-3-5-7-18)20(31-27-23)22(29)26-24-11-15-8-16(12-24)10-17(9-15)13-24/h3-7,15-17H,2,8-14H2,1H3,(H,25,28)(H,26,29). The van der Waals surface area contributed by atoms with Gasteiger partial charge in [0.2, 0.25) is 5.76 Å². The van der Waals surface area contributed by atoms with Crippen LogP contribution >= 0.6 is 11.8 Å². The molecule has 2 N–H and O–H groups in total. The first-order chi connectivity index (χ1) is 15.5. The lowest BCUT2D eigenvalue weighted by atomic mass is 9.53. The first-order valence-corrected chi connectivity index (χ1v) is 12.3. The molecule has 0 unspecified atom stereocenters. The maximum atomic E-state index is 13.4.